The molecule has 1 amide bonds. The summed E-state index contributed by atoms with van der Waals surface area (Å²) in [6, 6.07) is 0. The van der Waals surface area contributed by atoms with Crippen molar-refractivity contribution in [1.29, 1.82) is 0 Å². The van der Waals surface area contributed by atoms with Crippen LogP contribution in [-0.4, -0.2) is 58.0 Å². The first-order chi connectivity index (χ1) is 12.3. The van der Waals surface area contributed by atoms with Gasteiger partial charge in [0.2, 0.25) is 5.28 Å². The Bertz CT molecular complexity index is 606. The maximum atomic E-state index is 12.1. The number of piperidine rings is 1. The number of halogens is 1. The number of ether oxygens (including phenoxy) is 3. The Morgan fingerprint density at radius 3 is 2.31 bits per heavy atom. The van der Waals surface area contributed by atoms with Crippen molar-refractivity contribution in [3.05, 3.63) is 17.7 Å². The topological polar surface area (TPSA) is 73.8 Å². The van der Waals surface area contributed by atoms with Crippen molar-refractivity contribution in [3.8, 4) is 5.75 Å². The Kier molecular flexibility index (Phi) is 5.87. The van der Waals surface area contributed by atoms with Gasteiger partial charge in [0, 0.05) is 25.9 Å². The summed E-state index contributed by atoms with van der Waals surface area (Å²) >= 11 is 5.66. The van der Waals surface area contributed by atoms with Crippen LogP contribution >= 0.6 is 11.6 Å². The summed E-state index contributed by atoms with van der Waals surface area (Å²) in [6.45, 7) is 6.99. The van der Waals surface area contributed by atoms with Gasteiger partial charge >= 0.3 is 6.09 Å². The highest BCUT2D eigenvalue weighted by atomic mass is 35.5. The van der Waals surface area contributed by atoms with Gasteiger partial charge in [-0.2, -0.15) is 0 Å². The molecule has 0 N–H and O–H groups in total. The van der Waals surface area contributed by atoms with Crippen LogP contribution in [0.1, 0.15) is 46.5 Å². The normalized spacial score (nSPS) is 24.1. The highest BCUT2D eigenvalue weighted by Gasteiger charge is 2.35. The van der Waals surface area contributed by atoms with Crippen LogP contribution in [0.2, 0.25) is 5.28 Å². The Labute approximate surface area is 159 Å². The Morgan fingerprint density at radius 1 is 1.12 bits per heavy atom. The van der Waals surface area contributed by atoms with Crippen molar-refractivity contribution in [2.75, 3.05) is 13.1 Å². The van der Waals surface area contributed by atoms with E-state index in [1.54, 1.807) is 17.3 Å². The summed E-state index contributed by atoms with van der Waals surface area (Å²) in [5.74, 6) is 0.628. The van der Waals surface area contributed by atoms with E-state index in [0.717, 1.165) is 25.7 Å². The number of hydrogen-bond donors (Lipinski definition) is 0. The van der Waals surface area contributed by atoms with Crippen molar-refractivity contribution in [2.24, 2.45) is 0 Å². The SMILES string of the molecule is CC(C)(C)OC(=O)N1CCC(O[C@H]2C[C@H](Oc3cnc(Cl)nc3)C2)CC1. The third-order valence-electron chi connectivity index (χ3n) is 4.43. The van der Waals surface area contributed by atoms with Gasteiger partial charge < -0.3 is 19.1 Å². The number of likely N-dealkylation sites (tertiary alicyclic amines) is 1. The first-order valence-electron chi connectivity index (χ1n) is 9.06. The van der Waals surface area contributed by atoms with Gasteiger partial charge in [0.1, 0.15) is 11.7 Å². The van der Waals surface area contributed by atoms with Crippen molar-refractivity contribution >= 4 is 17.7 Å². The number of hydrogen-bond acceptors (Lipinski definition) is 6. The van der Waals surface area contributed by atoms with Crippen molar-refractivity contribution < 1.29 is 19.0 Å². The van der Waals surface area contributed by atoms with E-state index in [2.05, 4.69) is 9.97 Å². The second-order valence-corrected chi connectivity index (χ2v) is 8.16. The van der Waals surface area contributed by atoms with E-state index in [9.17, 15) is 4.79 Å². The van der Waals surface area contributed by atoms with Gasteiger partial charge in [0.25, 0.3) is 0 Å². The zero-order valence-corrected chi connectivity index (χ0v) is 16.2. The molecule has 1 aromatic rings. The first-order valence-corrected chi connectivity index (χ1v) is 9.44. The van der Waals surface area contributed by atoms with Gasteiger partial charge in [-0.05, 0) is 45.2 Å². The molecule has 0 unspecified atom stereocenters. The molecule has 3 rings (SSSR count). The minimum atomic E-state index is -0.458. The summed E-state index contributed by atoms with van der Waals surface area (Å²) in [4.78, 5) is 21.6. The van der Waals surface area contributed by atoms with E-state index >= 15 is 0 Å². The number of rotatable bonds is 4. The zero-order valence-electron chi connectivity index (χ0n) is 15.5. The van der Waals surface area contributed by atoms with Crippen molar-refractivity contribution in [2.45, 2.75) is 70.4 Å². The average Bonchev–Trinajstić information content (AvgIpc) is 2.54. The van der Waals surface area contributed by atoms with Gasteiger partial charge in [-0.25, -0.2) is 14.8 Å². The van der Waals surface area contributed by atoms with E-state index < -0.39 is 5.60 Å². The molecule has 0 bridgehead atoms. The summed E-state index contributed by atoms with van der Waals surface area (Å²) in [7, 11) is 0. The smallest absolute Gasteiger partial charge is 0.410 e. The molecule has 0 spiro atoms. The largest absolute Gasteiger partial charge is 0.487 e. The van der Waals surface area contributed by atoms with Gasteiger partial charge in [-0.3, -0.25) is 0 Å². The van der Waals surface area contributed by atoms with E-state index in [1.165, 1.54) is 0 Å². The molecule has 1 saturated carbocycles. The maximum Gasteiger partial charge on any atom is 0.410 e. The fourth-order valence-electron chi connectivity index (χ4n) is 3.05. The Hall–Kier alpha value is -1.60. The number of amides is 1. The fraction of sp³-hybridized carbons (Fsp3) is 0.722. The van der Waals surface area contributed by atoms with Crippen LogP contribution in [0.25, 0.3) is 0 Å². The summed E-state index contributed by atoms with van der Waals surface area (Å²) < 4.78 is 17.3. The molecule has 7 nitrogen and oxygen atoms in total. The van der Waals surface area contributed by atoms with E-state index in [0.29, 0.717) is 18.8 Å². The molecular weight excluding hydrogens is 358 g/mol. The van der Waals surface area contributed by atoms with E-state index in [4.69, 9.17) is 25.8 Å². The van der Waals surface area contributed by atoms with Crippen molar-refractivity contribution in [1.82, 2.24) is 14.9 Å². The van der Waals surface area contributed by atoms with Crippen LogP contribution in [0, 0.1) is 0 Å². The minimum Gasteiger partial charge on any atom is -0.487 e. The molecule has 144 valence electrons. The third-order valence-corrected chi connectivity index (χ3v) is 4.62. The first kappa shape index (κ1) is 19.2. The van der Waals surface area contributed by atoms with Crippen LogP contribution in [0.5, 0.6) is 5.75 Å². The van der Waals surface area contributed by atoms with Crippen LogP contribution < -0.4 is 4.74 Å². The zero-order chi connectivity index (χ0) is 18.7. The minimum absolute atomic E-state index is 0.131. The molecule has 0 atom stereocenters. The predicted octanol–water partition coefficient (Wildman–Crippen LogP) is 3.46. The molecule has 2 fully saturated rings. The average molecular weight is 384 g/mol. The lowest BCUT2D eigenvalue weighted by molar-refractivity contribution is -0.110. The lowest BCUT2D eigenvalue weighted by Crippen LogP contribution is -2.46. The summed E-state index contributed by atoms with van der Waals surface area (Å²) in [5, 5.41) is 0.213. The highest BCUT2D eigenvalue weighted by Crippen LogP contribution is 2.30. The lowest BCUT2D eigenvalue weighted by atomic mass is 9.91. The monoisotopic (exact) mass is 383 g/mol. The van der Waals surface area contributed by atoms with Crippen LogP contribution in [0.15, 0.2) is 12.4 Å². The molecule has 1 aliphatic heterocycles. The molecular formula is C18H26ClN3O4. The predicted molar refractivity (Wildman–Crippen MR) is 96.4 cm³/mol. The van der Waals surface area contributed by atoms with Gasteiger partial charge in [0.15, 0.2) is 5.75 Å². The molecule has 2 heterocycles. The van der Waals surface area contributed by atoms with Gasteiger partial charge in [-0.15, -0.1) is 0 Å². The molecule has 2 aliphatic rings. The van der Waals surface area contributed by atoms with E-state index in [-0.39, 0.29) is 29.7 Å². The van der Waals surface area contributed by atoms with Crippen LogP contribution in [-0.2, 0) is 9.47 Å². The standard InChI is InChI=1S/C18H26ClN3O4/c1-18(2,3)26-17(23)22-6-4-12(5-7-22)24-13-8-14(9-13)25-15-10-20-16(19)21-11-15/h10-14H,4-9H2,1-3H3/t13-,14-. The molecule has 0 radical (unpaired) electrons. The van der Waals surface area contributed by atoms with Gasteiger partial charge in [-0.1, -0.05) is 0 Å². The molecule has 1 aliphatic carbocycles. The maximum absolute atomic E-state index is 12.1. The highest BCUT2D eigenvalue weighted by molar-refractivity contribution is 6.28. The lowest BCUT2D eigenvalue weighted by Gasteiger charge is -2.39. The number of carbonyl (C=O) groups is 1. The van der Waals surface area contributed by atoms with Crippen LogP contribution in [0.4, 0.5) is 4.79 Å². The number of nitrogens with zero attached hydrogens (tertiary/aromatic N) is 3. The molecule has 26 heavy (non-hydrogen) atoms. The summed E-state index contributed by atoms with van der Waals surface area (Å²) in [6.07, 6.45) is 6.85. The third kappa shape index (κ3) is 5.45. The van der Waals surface area contributed by atoms with E-state index in [1.807, 2.05) is 20.8 Å². The number of carbonyl (C=O) groups excluding carboxylic acids is 1. The molecule has 1 aromatic heterocycles. The second-order valence-electron chi connectivity index (χ2n) is 7.82. The van der Waals surface area contributed by atoms with Crippen molar-refractivity contribution in [3.63, 3.8) is 0 Å². The second kappa shape index (κ2) is 7.96. The number of aromatic nitrogens is 2. The molecule has 8 heteroatoms. The summed E-state index contributed by atoms with van der Waals surface area (Å²) in [5.41, 5.74) is -0.458. The quantitative estimate of drug-likeness (QED) is 0.741. The van der Waals surface area contributed by atoms with Crippen LogP contribution in [0.3, 0.4) is 0 Å². The Morgan fingerprint density at radius 2 is 1.73 bits per heavy atom. The Balaban J connectivity index is 1.33. The fourth-order valence-corrected chi connectivity index (χ4v) is 3.15. The molecule has 1 saturated heterocycles. The molecule has 0 aromatic carbocycles. The van der Waals surface area contributed by atoms with Gasteiger partial charge in [0.05, 0.1) is 24.6 Å².